The van der Waals surface area contributed by atoms with Crippen molar-refractivity contribution in [1.82, 2.24) is 0 Å². The summed E-state index contributed by atoms with van der Waals surface area (Å²) in [5.41, 5.74) is -0.600. The summed E-state index contributed by atoms with van der Waals surface area (Å²) in [5, 5.41) is 0. The highest BCUT2D eigenvalue weighted by Gasteiger charge is 2.56. The first-order chi connectivity index (χ1) is 5.79. The minimum atomic E-state index is -4.28. The monoisotopic (exact) mass is 202 g/mol. The molecule has 1 aliphatic carbocycles. The summed E-state index contributed by atoms with van der Waals surface area (Å²) < 4.78 is 44.9. The van der Waals surface area contributed by atoms with Crippen molar-refractivity contribution in [2.24, 2.45) is 0 Å². The lowest BCUT2D eigenvalue weighted by atomic mass is 10.4. The second kappa shape index (κ2) is 4.22. The van der Waals surface area contributed by atoms with Gasteiger partial charge >= 0.3 is 8.80 Å². The van der Waals surface area contributed by atoms with E-state index in [-0.39, 0.29) is 0 Å². The normalized spacial score (nSPS) is 20.2. The predicted octanol–water partition coefficient (Wildman–Crippen LogP) is 2.57. The molecule has 0 aromatic carbocycles. The van der Waals surface area contributed by atoms with Gasteiger partial charge in [0, 0.05) is 5.54 Å². The molecule has 1 saturated carbocycles. The molecule has 12 heavy (non-hydrogen) atoms. The number of hydrogen-bond acceptors (Lipinski definition) is 3. The van der Waals surface area contributed by atoms with E-state index in [9.17, 15) is 13.6 Å². The fourth-order valence-corrected chi connectivity index (χ4v) is 3.07. The summed E-state index contributed by atoms with van der Waals surface area (Å²) in [7, 11) is -4.28. The standard InChI is InChI=1S/C5H9F3O3Si/c6-9-12(10-7,11-8)5-3-1-2-4-5/h5H,1-4H2. The summed E-state index contributed by atoms with van der Waals surface area (Å²) >= 11 is 0. The maximum atomic E-state index is 11.8. The molecular weight excluding hydrogens is 193 g/mol. The Morgan fingerprint density at radius 1 is 0.917 bits per heavy atom. The summed E-state index contributed by atoms with van der Waals surface area (Å²) in [6, 6.07) is 0. The molecule has 0 aromatic rings. The van der Waals surface area contributed by atoms with Crippen molar-refractivity contribution < 1.29 is 27.5 Å². The van der Waals surface area contributed by atoms with Crippen LogP contribution < -0.4 is 0 Å². The third-order valence-electron chi connectivity index (χ3n) is 2.18. The van der Waals surface area contributed by atoms with Gasteiger partial charge in [-0.1, -0.05) is 26.4 Å². The van der Waals surface area contributed by atoms with Gasteiger partial charge in [-0.15, -0.1) is 0 Å². The zero-order valence-corrected chi connectivity index (χ0v) is 7.26. The van der Waals surface area contributed by atoms with Crippen LogP contribution in [-0.2, 0) is 13.9 Å². The average Bonchev–Trinajstić information content (AvgIpc) is 2.62. The van der Waals surface area contributed by atoms with E-state index in [2.05, 4.69) is 13.9 Å². The quantitative estimate of drug-likeness (QED) is 0.656. The molecule has 0 spiro atoms. The minimum Gasteiger partial charge on any atom is -0.174 e. The number of rotatable bonds is 4. The highest BCUT2D eigenvalue weighted by molar-refractivity contribution is 6.61. The van der Waals surface area contributed by atoms with Crippen molar-refractivity contribution in [2.45, 2.75) is 31.2 Å². The lowest BCUT2D eigenvalue weighted by Gasteiger charge is -2.20. The smallest absolute Gasteiger partial charge is 0.174 e. The van der Waals surface area contributed by atoms with E-state index in [1.165, 1.54) is 0 Å². The molecule has 0 radical (unpaired) electrons. The molecule has 0 atom stereocenters. The van der Waals surface area contributed by atoms with Crippen LogP contribution in [0.25, 0.3) is 0 Å². The lowest BCUT2D eigenvalue weighted by molar-refractivity contribution is -0.216. The zero-order valence-electron chi connectivity index (χ0n) is 6.26. The third kappa shape index (κ3) is 1.63. The molecular formula is C5H9F3O3Si. The summed E-state index contributed by atoms with van der Waals surface area (Å²) in [6.07, 6.45) is 2.53. The van der Waals surface area contributed by atoms with Gasteiger partial charge in [0.25, 0.3) is 0 Å². The van der Waals surface area contributed by atoms with Crippen molar-refractivity contribution in [3.8, 4) is 0 Å². The fraction of sp³-hybridized carbons (Fsp3) is 1.00. The van der Waals surface area contributed by atoms with Gasteiger partial charge in [0.1, 0.15) is 0 Å². The lowest BCUT2D eigenvalue weighted by Crippen LogP contribution is -2.43. The topological polar surface area (TPSA) is 27.7 Å². The largest absolute Gasteiger partial charge is 0.604 e. The highest BCUT2D eigenvalue weighted by Crippen LogP contribution is 2.40. The molecule has 72 valence electrons. The van der Waals surface area contributed by atoms with Gasteiger partial charge in [-0.2, -0.15) is 13.9 Å². The Balaban J connectivity index is 2.61. The summed E-state index contributed by atoms with van der Waals surface area (Å²) in [4.78, 5) is 0. The number of halogens is 3. The number of hydrogen-bond donors (Lipinski definition) is 0. The molecule has 7 heteroatoms. The third-order valence-corrected chi connectivity index (χ3v) is 4.40. The first-order valence-corrected chi connectivity index (χ1v) is 5.48. The first kappa shape index (κ1) is 9.97. The van der Waals surface area contributed by atoms with Gasteiger partial charge in [0.2, 0.25) is 0 Å². The molecule has 0 bridgehead atoms. The predicted molar refractivity (Wildman–Crippen MR) is 34.6 cm³/mol. The molecule has 0 saturated heterocycles. The van der Waals surface area contributed by atoms with Gasteiger partial charge in [-0.3, -0.25) is 0 Å². The molecule has 1 aliphatic rings. The Hall–Kier alpha value is -0.113. The van der Waals surface area contributed by atoms with E-state index >= 15 is 0 Å². The van der Waals surface area contributed by atoms with Gasteiger partial charge in [-0.05, 0) is 12.8 Å². The minimum absolute atomic E-state index is 0.476. The molecule has 0 aliphatic heterocycles. The van der Waals surface area contributed by atoms with E-state index in [4.69, 9.17) is 0 Å². The van der Waals surface area contributed by atoms with Crippen LogP contribution in [0.5, 0.6) is 0 Å². The van der Waals surface area contributed by atoms with Crippen molar-refractivity contribution in [3.63, 3.8) is 0 Å². The molecule has 3 nitrogen and oxygen atoms in total. The van der Waals surface area contributed by atoms with E-state index in [0.29, 0.717) is 12.8 Å². The molecule has 0 N–H and O–H groups in total. The van der Waals surface area contributed by atoms with Crippen LogP contribution in [0.2, 0.25) is 5.54 Å². The Morgan fingerprint density at radius 3 is 1.67 bits per heavy atom. The molecule has 0 unspecified atom stereocenters. The van der Waals surface area contributed by atoms with E-state index < -0.39 is 14.3 Å². The second-order valence-corrected chi connectivity index (χ2v) is 5.30. The van der Waals surface area contributed by atoms with Crippen LogP contribution in [0.15, 0.2) is 0 Å². The van der Waals surface area contributed by atoms with Crippen LogP contribution in [-0.4, -0.2) is 8.80 Å². The van der Waals surface area contributed by atoms with E-state index in [0.717, 1.165) is 12.8 Å². The maximum Gasteiger partial charge on any atom is 0.604 e. The summed E-state index contributed by atoms with van der Waals surface area (Å²) in [6.45, 7) is 0. The van der Waals surface area contributed by atoms with Crippen molar-refractivity contribution in [2.75, 3.05) is 0 Å². The Kier molecular flexibility index (Phi) is 3.50. The molecule has 1 rings (SSSR count). The SMILES string of the molecule is FO[Si](OF)(OF)C1CCCC1. The maximum absolute atomic E-state index is 11.8. The molecule has 0 aromatic heterocycles. The van der Waals surface area contributed by atoms with Crippen molar-refractivity contribution in [3.05, 3.63) is 0 Å². The summed E-state index contributed by atoms with van der Waals surface area (Å²) in [5.74, 6) is 0. The zero-order chi connectivity index (χ0) is 9.03. The van der Waals surface area contributed by atoms with Gasteiger partial charge in [0.15, 0.2) is 0 Å². The van der Waals surface area contributed by atoms with Gasteiger partial charge in [0.05, 0.1) is 0 Å². The Labute approximate surface area is 68.5 Å². The molecule has 0 heterocycles. The Morgan fingerprint density at radius 2 is 1.33 bits per heavy atom. The van der Waals surface area contributed by atoms with Crippen LogP contribution in [0.4, 0.5) is 13.6 Å². The van der Waals surface area contributed by atoms with Crippen LogP contribution in [0.1, 0.15) is 25.7 Å². The van der Waals surface area contributed by atoms with Crippen molar-refractivity contribution >= 4 is 8.80 Å². The van der Waals surface area contributed by atoms with Gasteiger partial charge < -0.3 is 0 Å². The first-order valence-electron chi connectivity index (χ1n) is 3.68. The van der Waals surface area contributed by atoms with Crippen LogP contribution in [0, 0.1) is 0 Å². The van der Waals surface area contributed by atoms with Crippen LogP contribution >= 0.6 is 0 Å². The molecule has 1 fully saturated rings. The van der Waals surface area contributed by atoms with Crippen molar-refractivity contribution in [1.29, 1.82) is 0 Å². The Bertz CT molecular complexity index is 130. The van der Waals surface area contributed by atoms with E-state index in [1.54, 1.807) is 0 Å². The van der Waals surface area contributed by atoms with Crippen LogP contribution in [0.3, 0.4) is 0 Å². The highest BCUT2D eigenvalue weighted by atomic mass is 28.4. The second-order valence-electron chi connectivity index (χ2n) is 2.82. The fourth-order valence-electron chi connectivity index (χ4n) is 1.50. The van der Waals surface area contributed by atoms with E-state index in [1.807, 2.05) is 0 Å². The average molecular weight is 202 g/mol. The van der Waals surface area contributed by atoms with Gasteiger partial charge in [-0.25, -0.2) is 0 Å². The molecule has 0 amide bonds.